The van der Waals surface area contributed by atoms with Crippen LogP contribution in [0, 0.1) is 0 Å². The van der Waals surface area contributed by atoms with Gasteiger partial charge in [-0.3, -0.25) is 0 Å². The molecule has 306 valence electrons. The van der Waals surface area contributed by atoms with Gasteiger partial charge >= 0.3 is 29.6 Å². The van der Waals surface area contributed by atoms with Gasteiger partial charge in [0.2, 0.25) is 39.7 Å². The quantitative estimate of drug-likeness (QED) is 0.103. The average Bonchev–Trinajstić information content (AvgIpc) is 3.66. The minimum atomic E-state index is -4.07. The van der Waals surface area contributed by atoms with Crippen molar-refractivity contribution in [1.82, 2.24) is 0 Å². The molecule has 0 radical (unpaired) electrons. The van der Waals surface area contributed by atoms with E-state index in [-0.39, 0.29) is 101 Å². The first-order valence-corrected chi connectivity index (χ1v) is 22.4. The number of sulfone groups is 2. The molecule has 0 amide bonds. The largest absolute Gasteiger partial charge is 1.00 e. The Morgan fingerprint density at radius 3 is 1.20 bits per heavy atom. The van der Waals surface area contributed by atoms with E-state index in [4.69, 9.17) is 19.8 Å². The molecule has 0 unspecified atom stereocenters. The van der Waals surface area contributed by atoms with E-state index in [1.807, 2.05) is 0 Å². The van der Waals surface area contributed by atoms with Gasteiger partial charge in [-0.25, -0.2) is 43.9 Å². The summed E-state index contributed by atoms with van der Waals surface area (Å²) in [5.74, 6) is -2.90. The molecule has 0 bridgehead atoms. The number of sulfonamides is 2. The summed E-state index contributed by atoms with van der Waals surface area (Å²) >= 11 is 0. The van der Waals surface area contributed by atoms with Gasteiger partial charge in [0.15, 0.2) is 34.8 Å². The van der Waals surface area contributed by atoms with E-state index in [0.29, 0.717) is 21.5 Å². The van der Waals surface area contributed by atoms with Crippen LogP contribution in [0.3, 0.4) is 0 Å². The summed E-state index contributed by atoms with van der Waals surface area (Å²) in [6.45, 7) is 0. The zero-order chi connectivity index (χ0) is 41.9. The molecule has 6 aromatic rings. The number of hydrogen-bond donors (Lipinski definition) is 6. The molecular weight excluding hydrogens is 920 g/mol. The first-order chi connectivity index (χ1) is 27.2. The predicted octanol–water partition coefficient (Wildman–Crippen LogP) is 1.88. The Balaban J connectivity index is 0.000000220. The normalized spacial score (nSPS) is 15.0. The molecule has 2 heterocycles. The summed E-state index contributed by atoms with van der Waals surface area (Å²) < 4.78 is 106. The molecule has 8 N–H and O–H groups in total. The second-order valence-electron chi connectivity index (χ2n) is 12.3. The number of nitrogens with two attached hydrogens (primary N) is 2. The molecular formula is C34H26CrN6NaO14S4+. The molecule has 26 heteroatoms. The maximum Gasteiger partial charge on any atom is 1.00 e. The van der Waals surface area contributed by atoms with Crippen LogP contribution in [0.5, 0.6) is 34.5 Å². The van der Waals surface area contributed by atoms with Gasteiger partial charge in [0.25, 0.3) is 0 Å². The van der Waals surface area contributed by atoms with Crippen LogP contribution in [0.1, 0.15) is 0 Å². The number of ether oxygens (including phenoxy) is 2. The summed E-state index contributed by atoms with van der Waals surface area (Å²) in [6, 6.07) is 19.1. The number of phenolic OH excluding ortho intramolecular Hbond substituents is 4. The molecule has 8 rings (SSSR count). The van der Waals surface area contributed by atoms with Crippen LogP contribution in [0.2, 0.25) is 0 Å². The van der Waals surface area contributed by atoms with Gasteiger partial charge in [-0.2, -0.15) is 0 Å². The van der Waals surface area contributed by atoms with Crippen molar-refractivity contribution in [2.24, 2.45) is 30.7 Å². The van der Waals surface area contributed by atoms with Crippen molar-refractivity contribution in [1.29, 1.82) is 0 Å². The van der Waals surface area contributed by atoms with Gasteiger partial charge in [-0.05, 0) is 36.4 Å². The molecule has 20 nitrogen and oxygen atoms in total. The fourth-order valence-electron chi connectivity index (χ4n) is 5.87. The van der Waals surface area contributed by atoms with Crippen molar-refractivity contribution in [2.75, 3.05) is 11.9 Å². The van der Waals surface area contributed by atoms with E-state index < -0.39 is 74.6 Å². The van der Waals surface area contributed by atoms with Crippen LogP contribution in [0.4, 0.5) is 22.7 Å². The second-order valence-corrected chi connectivity index (χ2v) is 19.2. The van der Waals surface area contributed by atoms with E-state index in [1.54, 1.807) is 48.5 Å². The van der Waals surface area contributed by atoms with E-state index >= 15 is 0 Å². The predicted molar refractivity (Wildman–Crippen MR) is 204 cm³/mol. The van der Waals surface area contributed by atoms with Crippen LogP contribution in [0.15, 0.2) is 125 Å². The van der Waals surface area contributed by atoms with Crippen LogP contribution >= 0.6 is 0 Å². The fourth-order valence-corrected chi connectivity index (χ4v) is 9.49. The summed E-state index contributed by atoms with van der Waals surface area (Å²) in [4.78, 5) is -1.32. The molecule has 0 atom stereocenters. The van der Waals surface area contributed by atoms with Crippen molar-refractivity contribution < 1.29 is 110 Å². The number of primary sulfonamides is 2. The van der Waals surface area contributed by atoms with Gasteiger partial charge < -0.3 is 29.9 Å². The molecule has 0 saturated heterocycles. The number of azo groups is 2. The summed E-state index contributed by atoms with van der Waals surface area (Å²) in [5.41, 5.74) is -1.32. The first kappa shape index (κ1) is 46.2. The maximum absolute atomic E-state index is 12.5. The number of rotatable bonds is 6. The fraction of sp³-hybridized carbons (Fsp3) is 0.0588. The Bertz CT molecular complexity index is 3060. The van der Waals surface area contributed by atoms with Crippen molar-refractivity contribution in [2.45, 2.75) is 19.6 Å². The standard InChI is InChI=1S/2C17H13N3O7S2.Cr.Na/c2*18-29(25,26)9-5-6-13(21)12(7-9)19-20-14-15(22)10-3-1-2-4-11(10)16-17(14)28(23,24)8-27-16;;/h2*1-7,21-22H,8H2,(H2,18,25,26);;/q;;;+1. The third-order valence-corrected chi connectivity index (χ3v) is 13.2. The third-order valence-electron chi connectivity index (χ3n) is 8.55. The van der Waals surface area contributed by atoms with Gasteiger partial charge in [0.1, 0.15) is 44.2 Å². The van der Waals surface area contributed by atoms with E-state index in [2.05, 4.69) is 20.5 Å². The molecule has 2 aliphatic rings. The van der Waals surface area contributed by atoms with Crippen LogP contribution in [0.25, 0.3) is 21.5 Å². The molecule has 0 aromatic heterocycles. The van der Waals surface area contributed by atoms with Gasteiger partial charge in [0, 0.05) is 38.9 Å². The second kappa shape index (κ2) is 16.9. The number of nitrogens with zero attached hydrogens (tertiary/aromatic N) is 4. The molecule has 0 spiro atoms. The van der Waals surface area contributed by atoms with Crippen LogP contribution in [-0.4, -0.2) is 66.0 Å². The monoisotopic (exact) mass is 945 g/mol. The van der Waals surface area contributed by atoms with Crippen LogP contribution in [-0.2, 0) is 57.1 Å². The molecule has 0 aliphatic carbocycles. The van der Waals surface area contributed by atoms with Crippen molar-refractivity contribution in [3.05, 3.63) is 84.9 Å². The molecule has 6 aromatic carbocycles. The number of phenols is 4. The molecule has 0 saturated carbocycles. The van der Waals surface area contributed by atoms with E-state index in [1.165, 1.54) is 0 Å². The SMILES string of the molecule is NS(=O)(=O)c1ccc(O)c(N=Nc2c3c(c4ccccc4c2O)OCS3(=O)=O)c1.NS(=O)(=O)c1ccc(O)c(N=Nc2c3c(c4ccccc4c2O)OCS3(=O)=O)c1.[Cr].[Na+]. The van der Waals surface area contributed by atoms with Gasteiger partial charge in [-0.15, -0.1) is 20.5 Å². The van der Waals surface area contributed by atoms with Crippen molar-refractivity contribution >= 4 is 84.0 Å². The third kappa shape index (κ3) is 8.65. The first-order valence-electron chi connectivity index (χ1n) is 16.0. The maximum atomic E-state index is 12.5. The van der Waals surface area contributed by atoms with Gasteiger partial charge in [-0.1, -0.05) is 48.5 Å². The smallest absolute Gasteiger partial charge is 0.506 e. The number of aromatic hydroxyl groups is 4. The Hall–Kier alpha value is -4.91. The molecule has 60 heavy (non-hydrogen) atoms. The van der Waals surface area contributed by atoms with E-state index in [9.17, 15) is 54.1 Å². The Morgan fingerprint density at radius 2 is 0.867 bits per heavy atom. The van der Waals surface area contributed by atoms with Gasteiger partial charge in [0.05, 0.1) is 9.79 Å². The number of benzene rings is 6. The topological polar surface area (TPSA) is 337 Å². The Kier molecular flexibility index (Phi) is 13.0. The summed E-state index contributed by atoms with van der Waals surface area (Å²) in [5, 5.41) is 67.6. The summed E-state index contributed by atoms with van der Waals surface area (Å²) in [6.07, 6.45) is 0. The Morgan fingerprint density at radius 1 is 0.533 bits per heavy atom. The van der Waals surface area contributed by atoms with E-state index in [0.717, 1.165) is 36.4 Å². The minimum Gasteiger partial charge on any atom is -0.506 e. The van der Waals surface area contributed by atoms with Crippen molar-refractivity contribution in [3.8, 4) is 34.5 Å². The van der Waals surface area contributed by atoms with Crippen molar-refractivity contribution in [3.63, 3.8) is 0 Å². The zero-order valence-electron chi connectivity index (χ0n) is 30.4. The zero-order valence-corrected chi connectivity index (χ0v) is 36.9. The molecule has 2 aliphatic heterocycles. The average molecular weight is 946 g/mol. The number of fused-ring (bicyclic) bond motifs is 6. The molecule has 0 fully saturated rings. The van der Waals surface area contributed by atoms with Crippen LogP contribution < -0.4 is 49.3 Å². The minimum absolute atomic E-state index is 0. The number of hydrogen-bond acceptors (Lipinski definition) is 18. The Labute approximate surface area is 373 Å². The summed E-state index contributed by atoms with van der Waals surface area (Å²) in [7, 11) is -16.0.